The van der Waals surface area contributed by atoms with Gasteiger partial charge in [0.2, 0.25) is 0 Å². The molecule has 0 saturated heterocycles. The second-order valence-electron chi connectivity index (χ2n) is 10.8. The quantitative estimate of drug-likeness (QED) is 0.439. The first kappa shape index (κ1) is 20.3. The van der Waals surface area contributed by atoms with Crippen molar-refractivity contribution < 1.29 is 9.53 Å². The van der Waals surface area contributed by atoms with Crippen LogP contribution >= 0.6 is 11.8 Å². The van der Waals surface area contributed by atoms with E-state index in [2.05, 4.69) is 46.8 Å². The molecular weight excluding hydrogens is 364 g/mol. The standard InChI is InChI=1S/C25H36O2S/c1-16-12-18(27-21(26)15-28-6)13-17-14-20-24(4)10-7-9-23(2,3)19(24)8-11-25(20,5)22(16)17/h12-13,19-20H,7-11,14-15H2,1-6H3/t19?,20-,24+,25-/m1/s1. The van der Waals surface area contributed by atoms with E-state index in [1.165, 1.54) is 55.0 Å². The van der Waals surface area contributed by atoms with Gasteiger partial charge in [-0.2, -0.15) is 11.8 Å². The molecule has 2 nitrogen and oxygen atoms in total. The van der Waals surface area contributed by atoms with E-state index in [4.69, 9.17) is 4.74 Å². The van der Waals surface area contributed by atoms with Crippen molar-refractivity contribution in [1.29, 1.82) is 0 Å². The number of rotatable bonds is 3. The summed E-state index contributed by atoms with van der Waals surface area (Å²) in [6, 6.07) is 4.28. The van der Waals surface area contributed by atoms with Crippen molar-refractivity contribution in [3.8, 4) is 5.75 Å². The van der Waals surface area contributed by atoms with Gasteiger partial charge in [-0.05, 0) is 102 Å². The van der Waals surface area contributed by atoms with Crippen LogP contribution in [0.2, 0.25) is 0 Å². The molecule has 3 aliphatic carbocycles. The fraction of sp³-hybridized carbons (Fsp3) is 0.720. The van der Waals surface area contributed by atoms with Gasteiger partial charge in [-0.3, -0.25) is 4.79 Å². The van der Waals surface area contributed by atoms with E-state index in [0.29, 0.717) is 22.5 Å². The van der Waals surface area contributed by atoms with Gasteiger partial charge in [0.05, 0.1) is 5.75 Å². The van der Waals surface area contributed by atoms with Crippen molar-refractivity contribution in [1.82, 2.24) is 0 Å². The van der Waals surface area contributed by atoms with E-state index in [0.717, 1.165) is 18.1 Å². The van der Waals surface area contributed by atoms with Gasteiger partial charge in [0.1, 0.15) is 5.75 Å². The lowest BCUT2D eigenvalue weighted by Crippen LogP contribution is -2.55. The highest BCUT2D eigenvalue weighted by molar-refractivity contribution is 7.99. The zero-order valence-corrected chi connectivity index (χ0v) is 19.3. The molecule has 4 atom stereocenters. The van der Waals surface area contributed by atoms with Crippen LogP contribution in [0, 0.1) is 29.6 Å². The van der Waals surface area contributed by atoms with E-state index < -0.39 is 0 Å². The number of hydrogen-bond acceptors (Lipinski definition) is 3. The number of ether oxygens (including phenoxy) is 1. The Bertz CT molecular complexity index is 798. The Hall–Kier alpha value is -0.960. The van der Waals surface area contributed by atoms with Gasteiger partial charge in [0.25, 0.3) is 0 Å². The minimum Gasteiger partial charge on any atom is -0.426 e. The zero-order chi connectivity index (χ0) is 20.3. The Morgan fingerprint density at radius 2 is 1.89 bits per heavy atom. The number of carbonyl (C=O) groups is 1. The maximum atomic E-state index is 12.0. The average molecular weight is 401 g/mol. The first-order valence-corrected chi connectivity index (χ1v) is 12.3. The van der Waals surface area contributed by atoms with Crippen molar-refractivity contribution in [2.24, 2.45) is 22.7 Å². The molecule has 1 unspecified atom stereocenters. The SMILES string of the molecule is CSCC(=O)Oc1cc(C)c2c(c1)C[C@H]1[C@@]2(C)CCC2C(C)(C)CCC[C@@]21C. The minimum atomic E-state index is -0.144. The molecule has 28 heavy (non-hydrogen) atoms. The summed E-state index contributed by atoms with van der Waals surface area (Å²) in [5, 5.41) is 0. The number of aryl methyl sites for hydroxylation is 1. The van der Waals surface area contributed by atoms with Crippen molar-refractivity contribution in [2.75, 3.05) is 12.0 Å². The summed E-state index contributed by atoms with van der Waals surface area (Å²) < 4.78 is 5.65. The van der Waals surface area contributed by atoms with Crippen molar-refractivity contribution in [3.63, 3.8) is 0 Å². The van der Waals surface area contributed by atoms with Gasteiger partial charge in [0.15, 0.2) is 0 Å². The summed E-state index contributed by atoms with van der Waals surface area (Å²) in [6.45, 7) is 12.4. The van der Waals surface area contributed by atoms with Gasteiger partial charge in [-0.25, -0.2) is 0 Å². The molecule has 3 aliphatic rings. The van der Waals surface area contributed by atoms with Crippen LogP contribution in [0.15, 0.2) is 12.1 Å². The van der Waals surface area contributed by atoms with Crippen LogP contribution in [0.1, 0.15) is 76.5 Å². The van der Waals surface area contributed by atoms with Crippen LogP contribution < -0.4 is 4.74 Å². The average Bonchev–Trinajstić information content (AvgIpc) is 2.88. The minimum absolute atomic E-state index is 0.144. The second-order valence-corrected chi connectivity index (χ2v) is 11.7. The first-order chi connectivity index (χ1) is 13.1. The monoisotopic (exact) mass is 400 g/mol. The summed E-state index contributed by atoms with van der Waals surface area (Å²) in [4.78, 5) is 12.0. The summed E-state index contributed by atoms with van der Waals surface area (Å²) >= 11 is 1.51. The number of esters is 1. The van der Waals surface area contributed by atoms with E-state index in [9.17, 15) is 4.79 Å². The molecular formula is C25H36O2S. The lowest BCUT2D eigenvalue weighted by atomic mass is 9.43. The van der Waals surface area contributed by atoms with E-state index in [1.807, 2.05) is 6.26 Å². The van der Waals surface area contributed by atoms with E-state index in [-0.39, 0.29) is 11.4 Å². The molecule has 2 fully saturated rings. The Labute approximate surface area is 175 Å². The van der Waals surface area contributed by atoms with E-state index in [1.54, 1.807) is 5.56 Å². The molecule has 0 bridgehead atoms. The molecule has 0 spiro atoms. The molecule has 2 saturated carbocycles. The van der Waals surface area contributed by atoms with Gasteiger partial charge in [-0.1, -0.05) is 34.1 Å². The Morgan fingerprint density at radius 3 is 2.61 bits per heavy atom. The number of thioether (sulfide) groups is 1. The second kappa shape index (κ2) is 6.79. The third kappa shape index (κ3) is 2.95. The summed E-state index contributed by atoms with van der Waals surface area (Å²) in [5.74, 6) is 2.52. The van der Waals surface area contributed by atoms with Gasteiger partial charge < -0.3 is 4.74 Å². The predicted octanol–water partition coefficient (Wildman–Crippen LogP) is 6.32. The zero-order valence-electron chi connectivity index (χ0n) is 18.5. The molecule has 4 rings (SSSR count). The molecule has 0 aromatic heterocycles. The molecule has 0 N–H and O–H groups in total. The maximum Gasteiger partial charge on any atom is 0.321 e. The molecule has 1 aromatic carbocycles. The van der Waals surface area contributed by atoms with Crippen LogP contribution in [0.3, 0.4) is 0 Å². The Morgan fingerprint density at radius 1 is 1.14 bits per heavy atom. The number of benzene rings is 1. The smallest absolute Gasteiger partial charge is 0.321 e. The number of hydrogen-bond donors (Lipinski definition) is 0. The third-order valence-electron chi connectivity index (χ3n) is 8.67. The summed E-state index contributed by atoms with van der Waals surface area (Å²) in [7, 11) is 0. The van der Waals surface area contributed by atoms with Gasteiger partial charge in [-0.15, -0.1) is 0 Å². The van der Waals surface area contributed by atoms with Crippen LogP contribution in [0.5, 0.6) is 5.75 Å². The number of carbonyl (C=O) groups excluding carboxylic acids is 1. The molecule has 0 amide bonds. The fourth-order valence-electron chi connectivity index (χ4n) is 7.77. The number of fused-ring (bicyclic) bond motifs is 5. The largest absolute Gasteiger partial charge is 0.426 e. The summed E-state index contributed by atoms with van der Waals surface area (Å²) in [5.41, 5.74) is 5.44. The topological polar surface area (TPSA) is 26.3 Å². The maximum absolute atomic E-state index is 12.0. The highest BCUT2D eigenvalue weighted by Crippen LogP contribution is 2.67. The highest BCUT2D eigenvalue weighted by Gasteiger charge is 2.61. The molecule has 0 radical (unpaired) electrons. The van der Waals surface area contributed by atoms with Crippen molar-refractivity contribution in [2.45, 2.75) is 78.6 Å². The van der Waals surface area contributed by atoms with Crippen LogP contribution in [-0.4, -0.2) is 18.0 Å². The molecule has 154 valence electrons. The molecule has 3 heteroatoms. The van der Waals surface area contributed by atoms with Gasteiger partial charge in [0, 0.05) is 0 Å². The lowest BCUT2D eigenvalue weighted by Gasteiger charge is -2.61. The predicted molar refractivity (Wildman–Crippen MR) is 118 cm³/mol. The van der Waals surface area contributed by atoms with E-state index >= 15 is 0 Å². The van der Waals surface area contributed by atoms with Gasteiger partial charge >= 0.3 is 5.97 Å². The summed E-state index contributed by atoms with van der Waals surface area (Å²) in [6.07, 6.45) is 9.81. The Kier molecular flexibility index (Phi) is 4.93. The third-order valence-corrected chi connectivity index (χ3v) is 9.20. The lowest BCUT2D eigenvalue weighted by molar-refractivity contribution is -0.131. The highest BCUT2D eigenvalue weighted by atomic mass is 32.2. The van der Waals surface area contributed by atoms with Crippen molar-refractivity contribution >= 4 is 17.7 Å². The normalized spacial score (nSPS) is 35.6. The van der Waals surface area contributed by atoms with Crippen LogP contribution in [-0.2, 0) is 16.6 Å². The fourth-order valence-corrected chi connectivity index (χ4v) is 8.06. The first-order valence-electron chi connectivity index (χ1n) is 11.0. The Balaban J connectivity index is 1.71. The van der Waals surface area contributed by atoms with Crippen LogP contribution in [0.25, 0.3) is 0 Å². The van der Waals surface area contributed by atoms with Crippen molar-refractivity contribution in [3.05, 3.63) is 28.8 Å². The van der Waals surface area contributed by atoms with Crippen LogP contribution in [0.4, 0.5) is 0 Å². The molecule has 0 heterocycles. The molecule has 1 aromatic rings. The molecule has 0 aliphatic heterocycles.